The van der Waals surface area contributed by atoms with Gasteiger partial charge in [-0.15, -0.1) is 5.06 Å². The van der Waals surface area contributed by atoms with Crippen LogP contribution in [0.4, 0.5) is 0 Å². The van der Waals surface area contributed by atoms with Crippen LogP contribution in [-0.4, -0.2) is 22.8 Å². The Morgan fingerprint density at radius 2 is 1.79 bits per heavy atom. The van der Waals surface area contributed by atoms with E-state index in [1.165, 1.54) is 5.57 Å². The van der Waals surface area contributed by atoms with Gasteiger partial charge in [-0.2, -0.15) is 0 Å². The highest BCUT2D eigenvalue weighted by Crippen LogP contribution is 2.39. The minimum atomic E-state index is -0.518. The zero-order valence-corrected chi connectivity index (χ0v) is 14.9. The number of nitrogens with zero attached hydrogens (tertiary/aromatic N) is 1. The summed E-state index contributed by atoms with van der Waals surface area (Å²) in [7, 11) is 0. The minimum absolute atomic E-state index is 0.0246. The third-order valence-electron chi connectivity index (χ3n) is 4.54. The normalized spacial score (nSPS) is 24.1. The van der Waals surface area contributed by atoms with Crippen molar-refractivity contribution in [3.05, 3.63) is 46.0 Å². The average Bonchev–Trinajstić information content (AvgIpc) is 2.87. The molecule has 1 aromatic rings. The summed E-state index contributed by atoms with van der Waals surface area (Å²) in [6, 6.07) is 7.86. The fourth-order valence-corrected chi connectivity index (χ4v) is 3.47. The van der Waals surface area contributed by atoms with Crippen LogP contribution in [0.1, 0.15) is 44.1 Å². The molecule has 2 aliphatic rings. The van der Waals surface area contributed by atoms with E-state index in [1.807, 2.05) is 37.3 Å². The van der Waals surface area contributed by atoms with E-state index in [-0.39, 0.29) is 18.8 Å². The predicted octanol–water partition coefficient (Wildman–Crippen LogP) is 3.50. The maximum absolute atomic E-state index is 12.6. The average molecular weight is 392 g/mol. The fraction of sp³-hybridized carbons (Fsp3) is 0.389. The van der Waals surface area contributed by atoms with Crippen molar-refractivity contribution in [1.82, 2.24) is 5.06 Å². The van der Waals surface area contributed by atoms with Gasteiger partial charge < -0.3 is 4.84 Å². The molecule has 1 saturated heterocycles. The van der Waals surface area contributed by atoms with E-state index < -0.39 is 23.7 Å². The van der Waals surface area contributed by atoms with Crippen LogP contribution in [0, 0.1) is 5.92 Å². The van der Waals surface area contributed by atoms with Crippen molar-refractivity contribution in [3.8, 4) is 0 Å². The number of carbonyl (C=O) groups excluding carboxylic acids is 3. The van der Waals surface area contributed by atoms with Crippen LogP contribution in [0.5, 0.6) is 0 Å². The molecule has 0 N–H and O–H groups in total. The molecule has 0 spiro atoms. The van der Waals surface area contributed by atoms with Crippen LogP contribution >= 0.6 is 15.9 Å². The Kier molecular flexibility index (Phi) is 4.85. The summed E-state index contributed by atoms with van der Waals surface area (Å²) in [6.07, 6.45) is 3.53. The molecule has 0 radical (unpaired) electrons. The van der Waals surface area contributed by atoms with Gasteiger partial charge in [-0.25, -0.2) is 4.79 Å². The van der Waals surface area contributed by atoms with Gasteiger partial charge in [0, 0.05) is 23.2 Å². The van der Waals surface area contributed by atoms with Crippen molar-refractivity contribution in [1.29, 1.82) is 0 Å². The second-order valence-corrected chi connectivity index (χ2v) is 7.16. The molecular weight excluding hydrogens is 374 g/mol. The topological polar surface area (TPSA) is 63.7 Å². The van der Waals surface area contributed by atoms with Crippen molar-refractivity contribution in [2.45, 2.75) is 38.5 Å². The van der Waals surface area contributed by atoms with Crippen LogP contribution in [0.2, 0.25) is 0 Å². The Morgan fingerprint density at radius 1 is 1.17 bits per heavy atom. The Labute approximate surface area is 148 Å². The van der Waals surface area contributed by atoms with Crippen molar-refractivity contribution in [2.24, 2.45) is 5.92 Å². The number of benzene rings is 1. The first kappa shape index (κ1) is 16.9. The van der Waals surface area contributed by atoms with Gasteiger partial charge in [-0.3, -0.25) is 9.59 Å². The van der Waals surface area contributed by atoms with Crippen LogP contribution in [-0.2, 0) is 19.2 Å². The third-order valence-corrected chi connectivity index (χ3v) is 5.06. The van der Waals surface area contributed by atoms with E-state index in [0.717, 1.165) is 16.5 Å². The number of hydrogen-bond acceptors (Lipinski definition) is 4. The standard InChI is InChI=1S/C18H18BrNO4/c1-11-2-7-14(15(10-11)12-3-5-13(19)6-4-12)18(23)24-20-16(21)8-9-17(20)22/h2-6,14-15H,7-10H2,1H3. The molecule has 6 heteroatoms. The lowest BCUT2D eigenvalue weighted by Gasteiger charge is -2.30. The number of rotatable bonds is 3. The Bertz CT molecular complexity index is 694. The van der Waals surface area contributed by atoms with Gasteiger partial charge in [0.25, 0.3) is 11.8 Å². The summed E-state index contributed by atoms with van der Waals surface area (Å²) >= 11 is 3.41. The maximum Gasteiger partial charge on any atom is 0.337 e. The number of hydrogen-bond donors (Lipinski definition) is 0. The molecule has 5 nitrogen and oxygen atoms in total. The van der Waals surface area contributed by atoms with Crippen molar-refractivity contribution in [3.63, 3.8) is 0 Å². The van der Waals surface area contributed by atoms with Crippen LogP contribution in [0.3, 0.4) is 0 Å². The first-order chi connectivity index (χ1) is 11.5. The van der Waals surface area contributed by atoms with E-state index >= 15 is 0 Å². The van der Waals surface area contributed by atoms with E-state index in [0.29, 0.717) is 11.5 Å². The second kappa shape index (κ2) is 6.89. The lowest BCUT2D eigenvalue weighted by atomic mass is 9.76. The van der Waals surface area contributed by atoms with Gasteiger partial charge in [-0.1, -0.05) is 39.7 Å². The predicted molar refractivity (Wildman–Crippen MR) is 90.5 cm³/mol. The third kappa shape index (κ3) is 3.43. The summed E-state index contributed by atoms with van der Waals surface area (Å²) in [4.78, 5) is 41.0. The molecule has 1 aromatic carbocycles. The molecule has 2 unspecified atom stereocenters. The molecule has 1 fully saturated rings. The zero-order valence-electron chi connectivity index (χ0n) is 13.3. The number of amides is 2. The highest BCUT2D eigenvalue weighted by molar-refractivity contribution is 9.10. The van der Waals surface area contributed by atoms with E-state index in [4.69, 9.17) is 4.84 Å². The molecule has 24 heavy (non-hydrogen) atoms. The number of carbonyl (C=O) groups is 3. The number of hydroxylamine groups is 2. The van der Waals surface area contributed by atoms with Crippen molar-refractivity contribution >= 4 is 33.7 Å². The SMILES string of the molecule is CC1=CCC(C(=O)ON2C(=O)CCC2=O)C(c2ccc(Br)cc2)C1. The second-order valence-electron chi connectivity index (χ2n) is 6.25. The first-order valence-corrected chi connectivity index (χ1v) is 8.73. The largest absolute Gasteiger partial charge is 0.337 e. The summed E-state index contributed by atoms with van der Waals surface area (Å²) in [5.74, 6) is -1.85. The van der Waals surface area contributed by atoms with Gasteiger partial charge in [0.15, 0.2) is 0 Å². The summed E-state index contributed by atoms with van der Waals surface area (Å²) in [5, 5.41) is 0.631. The molecule has 1 aliphatic carbocycles. The molecule has 1 heterocycles. The molecule has 0 saturated carbocycles. The molecule has 2 atom stereocenters. The quantitative estimate of drug-likeness (QED) is 0.584. The lowest BCUT2D eigenvalue weighted by molar-refractivity contribution is -0.201. The van der Waals surface area contributed by atoms with Crippen LogP contribution in [0.15, 0.2) is 40.4 Å². The Hall–Kier alpha value is -1.95. The zero-order chi connectivity index (χ0) is 17.3. The fourth-order valence-electron chi connectivity index (χ4n) is 3.20. The van der Waals surface area contributed by atoms with Crippen molar-refractivity contribution < 1.29 is 19.2 Å². The lowest BCUT2D eigenvalue weighted by Crippen LogP contribution is -2.36. The van der Waals surface area contributed by atoms with Gasteiger partial charge in [-0.05, 0) is 37.5 Å². The maximum atomic E-state index is 12.6. The monoisotopic (exact) mass is 391 g/mol. The van der Waals surface area contributed by atoms with Gasteiger partial charge in [0.1, 0.15) is 0 Å². The summed E-state index contributed by atoms with van der Waals surface area (Å²) in [6.45, 7) is 2.04. The highest BCUT2D eigenvalue weighted by Gasteiger charge is 2.38. The molecule has 2 amide bonds. The molecular formula is C18H18BrNO4. The minimum Gasteiger partial charge on any atom is -0.330 e. The number of allylic oxidation sites excluding steroid dienone is 2. The van der Waals surface area contributed by atoms with Gasteiger partial charge in [0.2, 0.25) is 0 Å². The smallest absolute Gasteiger partial charge is 0.330 e. The van der Waals surface area contributed by atoms with Crippen LogP contribution in [0.25, 0.3) is 0 Å². The van der Waals surface area contributed by atoms with E-state index in [2.05, 4.69) is 15.9 Å². The molecule has 0 bridgehead atoms. The Balaban J connectivity index is 1.80. The number of halogens is 1. The number of imide groups is 1. The Morgan fingerprint density at radius 3 is 2.42 bits per heavy atom. The van der Waals surface area contributed by atoms with Gasteiger partial charge >= 0.3 is 5.97 Å². The van der Waals surface area contributed by atoms with E-state index in [9.17, 15) is 14.4 Å². The highest BCUT2D eigenvalue weighted by atomic mass is 79.9. The molecule has 0 aromatic heterocycles. The molecule has 126 valence electrons. The van der Waals surface area contributed by atoms with E-state index in [1.54, 1.807) is 0 Å². The van der Waals surface area contributed by atoms with Crippen LogP contribution < -0.4 is 0 Å². The molecule has 1 aliphatic heterocycles. The molecule has 3 rings (SSSR count). The van der Waals surface area contributed by atoms with Gasteiger partial charge in [0.05, 0.1) is 5.92 Å². The van der Waals surface area contributed by atoms with Crippen molar-refractivity contribution in [2.75, 3.05) is 0 Å². The summed E-state index contributed by atoms with van der Waals surface area (Å²) < 4.78 is 0.974. The summed E-state index contributed by atoms with van der Waals surface area (Å²) in [5.41, 5.74) is 2.27. The first-order valence-electron chi connectivity index (χ1n) is 7.94.